The quantitative estimate of drug-likeness (QED) is 0.348. The molecule has 1 aliphatic rings. The maximum atomic E-state index is 13.0. The minimum absolute atomic E-state index is 0.0175. The molecule has 2 N–H and O–H groups in total. The number of anilines is 1. The van der Waals surface area contributed by atoms with E-state index in [2.05, 4.69) is 4.98 Å². The Kier molecular flexibility index (Phi) is 5.09. The van der Waals surface area contributed by atoms with Crippen molar-refractivity contribution in [1.82, 2.24) is 4.98 Å². The van der Waals surface area contributed by atoms with Gasteiger partial charge in [0.05, 0.1) is 17.3 Å². The number of halogens is 1. The van der Waals surface area contributed by atoms with Gasteiger partial charge in [-0.3, -0.25) is 14.5 Å². The monoisotopic (exact) mass is 440 g/mol. The summed E-state index contributed by atoms with van der Waals surface area (Å²) in [5, 5.41) is 21.8. The molecule has 152 valence electrons. The first-order chi connectivity index (χ1) is 14.3. The Balaban J connectivity index is 1.96. The fraction of sp³-hybridized carbons (Fsp3) is 0.136. The molecule has 0 aliphatic carbocycles. The van der Waals surface area contributed by atoms with Gasteiger partial charge in [0, 0.05) is 15.5 Å². The van der Waals surface area contributed by atoms with Gasteiger partial charge in [-0.15, -0.1) is 11.3 Å². The Labute approximate surface area is 181 Å². The standard InChI is InChI=1S/C22H17ClN2O4S/c1-11-12(2)30-22(24-11)25-18(14-4-3-5-16(26)10-14)17(20(28)21(25)29)19(27)13-6-8-15(23)9-7-13/h3-10,18,26-27H,1-2H3/b19-17-. The van der Waals surface area contributed by atoms with Crippen molar-refractivity contribution in [2.75, 3.05) is 4.90 Å². The second kappa shape index (κ2) is 7.59. The second-order valence-corrected chi connectivity index (χ2v) is 8.53. The van der Waals surface area contributed by atoms with Crippen molar-refractivity contribution in [3.63, 3.8) is 0 Å². The molecular weight excluding hydrogens is 424 g/mol. The van der Waals surface area contributed by atoms with Crippen molar-refractivity contribution in [1.29, 1.82) is 0 Å². The molecular formula is C22H17ClN2O4S. The maximum absolute atomic E-state index is 13.0. The van der Waals surface area contributed by atoms with E-state index in [4.69, 9.17) is 11.6 Å². The fourth-order valence-corrected chi connectivity index (χ4v) is 4.42. The molecule has 0 spiro atoms. The van der Waals surface area contributed by atoms with Gasteiger partial charge < -0.3 is 10.2 Å². The summed E-state index contributed by atoms with van der Waals surface area (Å²) in [6.45, 7) is 3.70. The number of thiazole rings is 1. The lowest BCUT2D eigenvalue weighted by atomic mass is 9.95. The molecule has 0 radical (unpaired) electrons. The number of benzene rings is 2. The molecule has 0 saturated carbocycles. The maximum Gasteiger partial charge on any atom is 0.301 e. The number of amides is 1. The number of carbonyl (C=O) groups excluding carboxylic acids is 2. The number of aliphatic hydroxyl groups is 1. The summed E-state index contributed by atoms with van der Waals surface area (Å²) in [6.07, 6.45) is 0. The third-order valence-electron chi connectivity index (χ3n) is 4.97. The number of nitrogens with zero attached hydrogens (tertiary/aromatic N) is 2. The lowest BCUT2D eigenvalue weighted by molar-refractivity contribution is -0.132. The summed E-state index contributed by atoms with van der Waals surface area (Å²) in [5.74, 6) is -1.93. The topological polar surface area (TPSA) is 90.7 Å². The summed E-state index contributed by atoms with van der Waals surface area (Å²) in [7, 11) is 0. The normalized spacial score (nSPS) is 18.2. The number of phenols is 1. The number of carbonyl (C=O) groups is 2. The van der Waals surface area contributed by atoms with Gasteiger partial charge in [0.25, 0.3) is 5.78 Å². The number of rotatable bonds is 3. The fourth-order valence-electron chi connectivity index (χ4n) is 3.36. The molecule has 30 heavy (non-hydrogen) atoms. The average Bonchev–Trinajstić information content (AvgIpc) is 3.18. The number of aryl methyl sites for hydroxylation is 2. The van der Waals surface area contributed by atoms with Crippen LogP contribution in [0.5, 0.6) is 5.75 Å². The molecule has 0 bridgehead atoms. The van der Waals surface area contributed by atoms with E-state index >= 15 is 0 Å². The summed E-state index contributed by atoms with van der Waals surface area (Å²) < 4.78 is 0. The number of hydrogen-bond donors (Lipinski definition) is 2. The number of Topliss-reactive ketones (excluding diaryl/α,β-unsaturated/α-hetero) is 1. The lowest BCUT2D eigenvalue weighted by Crippen LogP contribution is -2.29. The molecule has 2 aromatic carbocycles. The van der Waals surface area contributed by atoms with E-state index in [9.17, 15) is 19.8 Å². The SMILES string of the molecule is Cc1nc(N2C(=O)C(=O)/C(=C(\O)c3ccc(Cl)cc3)C2c2cccc(O)c2)sc1C. The van der Waals surface area contributed by atoms with Crippen LogP contribution in [0.1, 0.15) is 27.7 Å². The number of aromatic hydroxyl groups is 1. The van der Waals surface area contributed by atoms with Gasteiger partial charge in [-0.1, -0.05) is 23.7 Å². The van der Waals surface area contributed by atoms with Crippen molar-refractivity contribution >= 4 is 45.5 Å². The van der Waals surface area contributed by atoms with Gasteiger partial charge in [-0.05, 0) is 55.8 Å². The van der Waals surface area contributed by atoms with Crippen LogP contribution in [-0.4, -0.2) is 26.9 Å². The molecule has 3 aromatic rings. The molecule has 8 heteroatoms. The van der Waals surface area contributed by atoms with Crippen molar-refractivity contribution < 1.29 is 19.8 Å². The zero-order chi connectivity index (χ0) is 21.6. The Morgan fingerprint density at radius 3 is 2.43 bits per heavy atom. The minimum atomic E-state index is -0.933. The highest BCUT2D eigenvalue weighted by Gasteiger charge is 2.48. The smallest absolute Gasteiger partial charge is 0.301 e. The van der Waals surface area contributed by atoms with Crippen LogP contribution in [0.3, 0.4) is 0 Å². The highest BCUT2D eigenvalue weighted by molar-refractivity contribution is 7.16. The summed E-state index contributed by atoms with van der Waals surface area (Å²) in [5.41, 5.74) is 1.52. The van der Waals surface area contributed by atoms with E-state index in [1.807, 2.05) is 13.8 Å². The first-order valence-corrected chi connectivity index (χ1v) is 10.3. The molecule has 1 aromatic heterocycles. The van der Waals surface area contributed by atoms with Crippen LogP contribution >= 0.6 is 22.9 Å². The number of ketones is 1. The third-order valence-corrected chi connectivity index (χ3v) is 6.30. The van der Waals surface area contributed by atoms with E-state index in [-0.39, 0.29) is 17.1 Å². The predicted octanol–water partition coefficient (Wildman–Crippen LogP) is 4.75. The Morgan fingerprint density at radius 1 is 1.13 bits per heavy atom. The van der Waals surface area contributed by atoms with Crippen molar-refractivity contribution in [3.8, 4) is 5.75 Å². The molecule has 1 atom stereocenters. The van der Waals surface area contributed by atoms with Crippen molar-refractivity contribution in [3.05, 3.63) is 80.8 Å². The van der Waals surface area contributed by atoms with Crippen LogP contribution in [0.15, 0.2) is 54.1 Å². The number of aliphatic hydroxyl groups excluding tert-OH is 1. The van der Waals surface area contributed by atoms with Crippen LogP contribution in [0.4, 0.5) is 5.13 Å². The summed E-state index contributed by atoms with van der Waals surface area (Å²) in [4.78, 5) is 32.7. The summed E-state index contributed by atoms with van der Waals surface area (Å²) >= 11 is 7.22. The molecule has 1 saturated heterocycles. The predicted molar refractivity (Wildman–Crippen MR) is 116 cm³/mol. The largest absolute Gasteiger partial charge is 0.508 e. The molecule has 1 amide bonds. The van der Waals surface area contributed by atoms with E-state index in [1.165, 1.54) is 28.4 Å². The van der Waals surface area contributed by atoms with Gasteiger partial charge in [0.1, 0.15) is 11.5 Å². The van der Waals surface area contributed by atoms with E-state index < -0.39 is 17.7 Å². The van der Waals surface area contributed by atoms with Crippen LogP contribution in [0.2, 0.25) is 5.02 Å². The number of hydrogen-bond acceptors (Lipinski definition) is 6. The van der Waals surface area contributed by atoms with Gasteiger partial charge in [-0.2, -0.15) is 0 Å². The van der Waals surface area contributed by atoms with E-state index in [0.29, 0.717) is 21.3 Å². The lowest BCUT2D eigenvalue weighted by Gasteiger charge is -2.23. The first kappa shape index (κ1) is 20.1. The van der Waals surface area contributed by atoms with E-state index in [1.54, 1.807) is 36.4 Å². The van der Waals surface area contributed by atoms with Crippen LogP contribution in [0.25, 0.3) is 5.76 Å². The second-order valence-electron chi connectivity index (χ2n) is 6.91. The molecule has 4 rings (SSSR count). The highest BCUT2D eigenvalue weighted by atomic mass is 35.5. The van der Waals surface area contributed by atoms with E-state index in [0.717, 1.165) is 10.6 Å². The van der Waals surface area contributed by atoms with Gasteiger partial charge in [0.15, 0.2) is 5.13 Å². The number of phenolic OH excluding ortho intramolecular Hbond substituents is 1. The molecule has 1 fully saturated rings. The highest BCUT2D eigenvalue weighted by Crippen LogP contribution is 2.44. The summed E-state index contributed by atoms with van der Waals surface area (Å²) in [6, 6.07) is 11.6. The molecule has 2 heterocycles. The van der Waals surface area contributed by atoms with Crippen LogP contribution in [0, 0.1) is 13.8 Å². The van der Waals surface area contributed by atoms with Gasteiger partial charge >= 0.3 is 5.91 Å². The zero-order valence-electron chi connectivity index (χ0n) is 16.1. The Hall–Kier alpha value is -3.16. The first-order valence-electron chi connectivity index (χ1n) is 9.08. The number of aromatic nitrogens is 1. The molecule has 6 nitrogen and oxygen atoms in total. The van der Waals surface area contributed by atoms with Gasteiger partial charge in [-0.25, -0.2) is 4.98 Å². The van der Waals surface area contributed by atoms with Gasteiger partial charge in [0.2, 0.25) is 0 Å². The van der Waals surface area contributed by atoms with Crippen LogP contribution in [-0.2, 0) is 9.59 Å². The third kappa shape index (κ3) is 3.36. The van der Waals surface area contributed by atoms with Crippen molar-refractivity contribution in [2.24, 2.45) is 0 Å². The Bertz CT molecular complexity index is 1180. The van der Waals surface area contributed by atoms with Crippen LogP contribution < -0.4 is 4.90 Å². The minimum Gasteiger partial charge on any atom is -0.508 e. The molecule has 1 aliphatic heterocycles. The average molecular weight is 441 g/mol. The zero-order valence-corrected chi connectivity index (χ0v) is 17.7. The Morgan fingerprint density at radius 2 is 1.83 bits per heavy atom. The molecule has 1 unspecified atom stereocenters. The van der Waals surface area contributed by atoms with Crippen molar-refractivity contribution in [2.45, 2.75) is 19.9 Å².